The van der Waals surface area contributed by atoms with Crippen LogP contribution in [0, 0.1) is 0 Å². The highest BCUT2D eigenvalue weighted by atomic mass is 35.5. The lowest BCUT2D eigenvalue weighted by Gasteiger charge is -2.11. The molecule has 0 aliphatic rings. The first-order valence-electron chi connectivity index (χ1n) is 3.92. The van der Waals surface area contributed by atoms with E-state index in [4.69, 9.17) is 17.3 Å². The molecule has 5 heteroatoms. The number of anilines is 1. The molecule has 1 unspecified atom stereocenters. The minimum absolute atomic E-state index is 0.0716. The molecule has 1 atom stereocenters. The number of hydrogen-bond donors (Lipinski definition) is 1. The van der Waals surface area contributed by atoms with Gasteiger partial charge >= 0.3 is 6.18 Å². The molecule has 0 saturated carbocycles. The van der Waals surface area contributed by atoms with Gasteiger partial charge in [0, 0.05) is 5.69 Å². The van der Waals surface area contributed by atoms with Crippen molar-refractivity contribution >= 4 is 17.3 Å². The summed E-state index contributed by atoms with van der Waals surface area (Å²) < 4.78 is 36.9. The molecular formula is C9H9ClF3N. The van der Waals surface area contributed by atoms with E-state index in [1.54, 1.807) is 6.92 Å². The van der Waals surface area contributed by atoms with Crippen LogP contribution in [-0.4, -0.2) is 0 Å². The van der Waals surface area contributed by atoms with E-state index in [9.17, 15) is 13.2 Å². The van der Waals surface area contributed by atoms with Gasteiger partial charge < -0.3 is 5.73 Å². The van der Waals surface area contributed by atoms with Crippen molar-refractivity contribution in [3.05, 3.63) is 29.3 Å². The Morgan fingerprint density at radius 2 is 1.86 bits per heavy atom. The summed E-state index contributed by atoms with van der Waals surface area (Å²) in [6.45, 7) is 1.59. The Balaban J connectivity index is 3.21. The Hall–Kier alpha value is -0.900. The number of nitrogen functional groups attached to an aromatic ring is 1. The summed E-state index contributed by atoms with van der Waals surface area (Å²) in [5, 5.41) is -0.486. The highest BCUT2D eigenvalue weighted by Gasteiger charge is 2.31. The summed E-state index contributed by atoms with van der Waals surface area (Å²) in [6.07, 6.45) is -4.38. The SMILES string of the molecule is CC(Cl)c1cc(N)cc(C(F)(F)F)c1. The molecule has 0 aliphatic carbocycles. The third-order valence-corrected chi connectivity index (χ3v) is 2.02. The molecule has 14 heavy (non-hydrogen) atoms. The van der Waals surface area contributed by atoms with E-state index < -0.39 is 17.1 Å². The second-order valence-corrected chi connectivity index (χ2v) is 3.66. The van der Waals surface area contributed by atoms with Crippen LogP contribution in [0.2, 0.25) is 0 Å². The molecule has 1 aromatic carbocycles. The third-order valence-electron chi connectivity index (χ3n) is 1.76. The van der Waals surface area contributed by atoms with Crippen LogP contribution in [-0.2, 0) is 6.18 Å². The fourth-order valence-corrected chi connectivity index (χ4v) is 1.20. The van der Waals surface area contributed by atoms with Crippen molar-refractivity contribution in [1.82, 2.24) is 0 Å². The zero-order valence-electron chi connectivity index (χ0n) is 7.40. The molecule has 1 nitrogen and oxygen atoms in total. The fraction of sp³-hybridized carbons (Fsp3) is 0.333. The minimum atomic E-state index is -4.38. The number of hydrogen-bond acceptors (Lipinski definition) is 1. The van der Waals surface area contributed by atoms with Crippen LogP contribution in [0.15, 0.2) is 18.2 Å². The largest absolute Gasteiger partial charge is 0.416 e. The van der Waals surface area contributed by atoms with Crippen LogP contribution in [0.1, 0.15) is 23.4 Å². The summed E-state index contributed by atoms with van der Waals surface area (Å²) in [6, 6.07) is 3.34. The van der Waals surface area contributed by atoms with Crippen molar-refractivity contribution in [2.24, 2.45) is 0 Å². The Morgan fingerprint density at radius 3 is 2.29 bits per heavy atom. The average Bonchev–Trinajstić information content (AvgIpc) is 2.01. The van der Waals surface area contributed by atoms with Crippen LogP contribution in [0.3, 0.4) is 0 Å². The van der Waals surface area contributed by atoms with E-state index >= 15 is 0 Å². The van der Waals surface area contributed by atoms with Crippen molar-refractivity contribution in [2.45, 2.75) is 18.5 Å². The third kappa shape index (κ3) is 2.54. The predicted octanol–water partition coefficient (Wildman–Crippen LogP) is 3.59. The van der Waals surface area contributed by atoms with Crippen LogP contribution in [0.5, 0.6) is 0 Å². The summed E-state index contributed by atoms with van der Waals surface area (Å²) in [5.74, 6) is 0. The smallest absolute Gasteiger partial charge is 0.399 e. The molecule has 0 radical (unpaired) electrons. The molecular weight excluding hydrogens is 215 g/mol. The van der Waals surface area contributed by atoms with E-state index in [2.05, 4.69) is 0 Å². The van der Waals surface area contributed by atoms with Gasteiger partial charge in [0.25, 0.3) is 0 Å². The zero-order chi connectivity index (χ0) is 10.9. The molecule has 0 amide bonds. The van der Waals surface area contributed by atoms with Gasteiger partial charge in [-0.15, -0.1) is 11.6 Å². The van der Waals surface area contributed by atoms with Gasteiger partial charge in [-0.1, -0.05) is 0 Å². The first-order valence-corrected chi connectivity index (χ1v) is 4.36. The minimum Gasteiger partial charge on any atom is -0.399 e. The first kappa shape index (κ1) is 11.2. The van der Waals surface area contributed by atoms with Crippen molar-refractivity contribution in [2.75, 3.05) is 5.73 Å². The summed E-state index contributed by atoms with van der Waals surface area (Å²) in [4.78, 5) is 0. The molecule has 0 aromatic heterocycles. The van der Waals surface area contributed by atoms with Crippen LogP contribution >= 0.6 is 11.6 Å². The lowest BCUT2D eigenvalue weighted by atomic mass is 10.1. The van der Waals surface area contributed by atoms with Gasteiger partial charge in [0.2, 0.25) is 0 Å². The monoisotopic (exact) mass is 223 g/mol. The molecule has 78 valence electrons. The Morgan fingerprint density at radius 1 is 1.29 bits per heavy atom. The molecule has 0 heterocycles. The zero-order valence-corrected chi connectivity index (χ0v) is 8.15. The van der Waals surface area contributed by atoms with Gasteiger partial charge in [-0.2, -0.15) is 13.2 Å². The molecule has 0 bridgehead atoms. The van der Waals surface area contributed by atoms with E-state index in [-0.39, 0.29) is 5.69 Å². The van der Waals surface area contributed by atoms with E-state index in [1.807, 2.05) is 0 Å². The van der Waals surface area contributed by atoms with Crippen molar-refractivity contribution in [1.29, 1.82) is 0 Å². The van der Waals surface area contributed by atoms with Crippen molar-refractivity contribution in [3.8, 4) is 0 Å². The number of nitrogens with two attached hydrogens (primary N) is 1. The maximum Gasteiger partial charge on any atom is 0.416 e. The highest BCUT2D eigenvalue weighted by Crippen LogP contribution is 2.33. The molecule has 0 fully saturated rings. The van der Waals surface area contributed by atoms with Gasteiger partial charge in [0.1, 0.15) is 0 Å². The molecule has 0 saturated heterocycles. The average molecular weight is 224 g/mol. The van der Waals surface area contributed by atoms with Crippen LogP contribution in [0.25, 0.3) is 0 Å². The standard InChI is InChI=1S/C9H9ClF3N/c1-5(10)6-2-7(9(11,12)13)4-8(14)3-6/h2-5H,14H2,1H3. The van der Waals surface area contributed by atoms with E-state index in [0.717, 1.165) is 12.1 Å². The van der Waals surface area contributed by atoms with Crippen molar-refractivity contribution in [3.63, 3.8) is 0 Å². The van der Waals surface area contributed by atoms with Crippen LogP contribution < -0.4 is 5.73 Å². The van der Waals surface area contributed by atoms with Gasteiger partial charge in [-0.05, 0) is 30.7 Å². The second kappa shape index (κ2) is 3.69. The molecule has 0 aliphatic heterocycles. The lowest BCUT2D eigenvalue weighted by molar-refractivity contribution is -0.137. The predicted molar refractivity (Wildman–Crippen MR) is 50.1 cm³/mol. The lowest BCUT2D eigenvalue weighted by Crippen LogP contribution is -2.06. The molecule has 0 spiro atoms. The summed E-state index contributed by atoms with van der Waals surface area (Å²) in [5.41, 5.74) is 5.02. The fourth-order valence-electron chi connectivity index (χ4n) is 1.07. The quantitative estimate of drug-likeness (QED) is 0.572. The molecule has 1 rings (SSSR count). The Labute approximate surface area is 84.7 Å². The summed E-state index contributed by atoms with van der Waals surface area (Å²) in [7, 11) is 0. The van der Waals surface area contributed by atoms with Gasteiger partial charge in [-0.25, -0.2) is 0 Å². The van der Waals surface area contributed by atoms with E-state index in [1.165, 1.54) is 6.07 Å². The van der Waals surface area contributed by atoms with Gasteiger partial charge in [-0.3, -0.25) is 0 Å². The number of alkyl halides is 4. The number of halogens is 4. The number of rotatable bonds is 1. The Bertz CT molecular complexity index is 333. The summed E-state index contributed by atoms with van der Waals surface area (Å²) >= 11 is 5.67. The molecule has 1 aromatic rings. The van der Waals surface area contributed by atoms with Gasteiger partial charge in [0.15, 0.2) is 0 Å². The van der Waals surface area contributed by atoms with Crippen LogP contribution in [0.4, 0.5) is 18.9 Å². The number of benzene rings is 1. The second-order valence-electron chi connectivity index (χ2n) is 3.00. The molecule has 2 N–H and O–H groups in total. The highest BCUT2D eigenvalue weighted by molar-refractivity contribution is 6.20. The topological polar surface area (TPSA) is 26.0 Å². The normalized spacial score (nSPS) is 14.1. The van der Waals surface area contributed by atoms with E-state index in [0.29, 0.717) is 5.56 Å². The Kier molecular flexibility index (Phi) is 2.95. The maximum atomic E-state index is 12.3. The van der Waals surface area contributed by atoms with Gasteiger partial charge in [0.05, 0.1) is 10.9 Å². The first-order chi connectivity index (χ1) is 6.30. The van der Waals surface area contributed by atoms with Crippen molar-refractivity contribution < 1.29 is 13.2 Å². The maximum absolute atomic E-state index is 12.3.